The Morgan fingerprint density at radius 3 is 2.38 bits per heavy atom. The van der Waals surface area contributed by atoms with Crippen molar-refractivity contribution in [3.8, 4) is 11.5 Å². The number of aromatic hydroxyl groups is 1. The zero-order valence-electron chi connectivity index (χ0n) is 20.8. The molecule has 198 valence electrons. The summed E-state index contributed by atoms with van der Waals surface area (Å²) in [5, 5.41) is 11.2. The lowest BCUT2D eigenvalue weighted by molar-refractivity contribution is -0.146. The molecule has 4 amide bonds. The van der Waals surface area contributed by atoms with Gasteiger partial charge in [0.25, 0.3) is 11.8 Å². The molecule has 1 saturated carbocycles. The van der Waals surface area contributed by atoms with Gasteiger partial charge in [-0.2, -0.15) is 0 Å². The molecule has 1 N–H and O–H groups in total. The molecular formula is C26H27BrCl2N2O6. The van der Waals surface area contributed by atoms with Gasteiger partial charge in [-0.25, -0.2) is 0 Å². The van der Waals surface area contributed by atoms with Gasteiger partial charge in [0.1, 0.15) is 0 Å². The smallest absolute Gasteiger partial charge is 0.254 e. The van der Waals surface area contributed by atoms with Crippen LogP contribution in [0.1, 0.15) is 45.1 Å². The number of likely N-dealkylation sites (tertiary alicyclic amines) is 2. The highest BCUT2D eigenvalue weighted by atomic mass is 79.9. The Morgan fingerprint density at radius 2 is 1.78 bits per heavy atom. The number of imide groups is 2. The minimum absolute atomic E-state index is 0.0998. The Kier molecular flexibility index (Phi) is 6.05. The van der Waals surface area contributed by atoms with Crippen LogP contribution in [0.2, 0.25) is 0 Å². The first-order chi connectivity index (χ1) is 17.3. The molecule has 0 bridgehead atoms. The van der Waals surface area contributed by atoms with Crippen molar-refractivity contribution < 1.29 is 29.0 Å². The minimum Gasteiger partial charge on any atom is -0.504 e. The van der Waals surface area contributed by atoms with Crippen LogP contribution in [0.25, 0.3) is 0 Å². The lowest BCUT2D eigenvalue weighted by atomic mass is 9.56. The molecule has 2 heterocycles. The van der Waals surface area contributed by atoms with Crippen LogP contribution in [0.5, 0.6) is 11.5 Å². The zero-order valence-corrected chi connectivity index (χ0v) is 23.9. The highest BCUT2D eigenvalue weighted by Crippen LogP contribution is 2.66. The Labute approximate surface area is 233 Å². The molecular weight excluding hydrogens is 587 g/mol. The Morgan fingerprint density at radius 1 is 1.11 bits per heavy atom. The van der Waals surface area contributed by atoms with Crippen LogP contribution in [0.15, 0.2) is 29.8 Å². The first-order valence-electron chi connectivity index (χ1n) is 12.0. The fourth-order valence-corrected chi connectivity index (χ4v) is 8.11. The summed E-state index contributed by atoms with van der Waals surface area (Å²) in [5.74, 6) is -5.10. The summed E-state index contributed by atoms with van der Waals surface area (Å²) in [7, 11) is 1.40. The van der Waals surface area contributed by atoms with Crippen LogP contribution in [0.3, 0.4) is 0 Å². The van der Waals surface area contributed by atoms with Crippen LogP contribution in [0.4, 0.5) is 0 Å². The lowest BCUT2D eigenvalue weighted by Gasteiger charge is -2.50. The van der Waals surface area contributed by atoms with Gasteiger partial charge in [0.2, 0.25) is 11.8 Å². The Balaban J connectivity index is 1.75. The summed E-state index contributed by atoms with van der Waals surface area (Å²) in [4.78, 5) is 52.9. The average Bonchev–Trinajstić information content (AvgIpc) is 3.18. The van der Waals surface area contributed by atoms with Gasteiger partial charge in [-0.15, -0.1) is 23.2 Å². The molecule has 4 aliphatic rings. The quantitative estimate of drug-likeness (QED) is 0.240. The third kappa shape index (κ3) is 3.26. The fourth-order valence-electron chi connectivity index (χ4n) is 6.70. The maximum Gasteiger partial charge on any atom is 0.254 e. The number of carbonyl (C=O) groups excluding carboxylic acids is 4. The molecule has 3 fully saturated rings. The molecule has 5 rings (SSSR count). The number of benzene rings is 1. The van der Waals surface area contributed by atoms with E-state index in [9.17, 15) is 24.3 Å². The van der Waals surface area contributed by atoms with E-state index < -0.39 is 50.8 Å². The summed E-state index contributed by atoms with van der Waals surface area (Å²) in [6.07, 6.45) is 2.00. The Hall–Kier alpha value is -2.10. The number of alkyl halides is 3. The van der Waals surface area contributed by atoms with E-state index in [-0.39, 0.29) is 47.2 Å². The summed E-state index contributed by atoms with van der Waals surface area (Å²) >= 11 is 17.5. The molecule has 0 radical (unpaired) electrons. The molecule has 2 aliphatic carbocycles. The molecule has 1 aromatic rings. The van der Waals surface area contributed by atoms with Crippen molar-refractivity contribution >= 4 is 62.8 Å². The minimum atomic E-state index is -1.98. The number of carbonyl (C=O) groups is 4. The van der Waals surface area contributed by atoms with Gasteiger partial charge in [-0.3, -0.25) is 29.0 Å². The normalized spacial score (nSPS) is 35.4. The number of halogens is 3. The number of hydrogen-bond acceptors (Lipinski definition) is 6. The van der Waals surface area contributed by atoms with Crippen molar-refractivity contribution in [2.24, 2.45) is 17.8 Å². The third-order valence-electron chi connectivity index (χ3n) is 8.25. The molecule has 37 heavy (non-hydrogen) atoms. The number of hydrogen-bond donors (Lipinski definition) is 1. The van der Waals surface area contributed by atoms with Gasteiger partial charge in [-0.05, 0) is 45.6 Å². The maximum atomic E-state index is 13.8. The van der Waals surface area contributed by atoms with Crippen LogP contribution in [0, 0.1) is 17.8 Å². The van der Waals surface area contributed by atoms with Crippen LogP contribution in [-0.2, 0) is 19.2 Å². The van der Waals surface area contributed by atoms with Crippen molar-refractivity contribution in [3.05, 3.63) is 35.4 Å². The summed E-state index contributed by atoms with van der Waals surface area (Å²) < 4.78 is 5.30. The van der Waals surface area contributed by atoms with E-state index in [0.717, 1.165) is 4.90 Å². The second-order valence-corrected chi connectivity index (χ2v) is 12.8. The number of rotatable bonds is 3. The topological polar surface area (TPSA) is 104 Å². The molecule has 8 nitrogen and oxygen atoms in total. The van der Waals surface area contributed by atoms with Crippen molar-refractivity contribution in [2.75, 3.05) is 12.6 Å². The van der Waals surface area contributed by atoms with E-state index in [1.54, 1.807) is 39.0 Å². The predicted octanol–water partition coefficient (Wildman–Crippen LogP) is 3.91. The predicted molar refractivity (Wildman–Crippen MR) is 140 cm³/mol. The number of methoxy groups -OCH3 is 1. The van der Waals surface area contributed by atoms with Gasteiger partial charge in [-0.1, -0.05) is 39.7 Å². The van der Waals surface area contributed by atoms with E-state index in [4.69, 9.17) is 27.9 Å². The van der Waals surface area contributed by atoms with E-state index in [1.807, 2.05) is 6.08 Å². The van der Waals surface area contributed by atoms with Gasteiger partial charge < -0.3 is 9.84 Å². The molecule has 0 spiro atoms. The van der Waals surface area contributed by atoms with E-state index in [2.05, 4.69) is 15.9 Å². The molecule has 6 atom stereocenters. The van der Waals surface area contributed by atoms with Gasteiger partial charge in [0.15, 0.2) is 21.2 Å². The van der Waals surface area contributed by atoms with E-state index in [1.165, 1.54) is 12.0 Å². The van der Waals surface area contributed by atoms with Crippen LogP contribution in [-0.4, -0.2) is 66.4 Å². The largest absolute Gasteiger partial charge is 0.504 e. The molecule has 1 aromatic carbocycles. The maximum absolute atomic E-state index is 13.8. The van der Waals surface area contributed by atoms with Gasteiger partial charge in [0.05, 0.1) is 24.4 Å². The highest BCUT2D eigenvalue weighted by Gasteiger charge is 2.76. The number of ether oxygens (including phenoxy) is 1. The van der Waals surface area contributed by atoms with Gasteiger partial charge in [0, 0.05) is 17.0 Å². The summed E-state index contributed by atoms with van der Waals surface area (Å²) in [6, 6.07) is 4.82. The number of phenolic OH excluding ortho intramolecular Hbond substituents is 1. The van der Waals surface area contributed by atoms with Crippen molar-refractivity contribution in [3.63, 3.8) is 0 Å². The average molecular weight is 614 g/mol. The van der Waals surface area contributed by atoms with Crippen molar-refractivity contribution in [1.29, 1.82) is 0 Å². The zero-order chi connectivity index (χ0) is 27.2. The number of nitrogens with zero attached hydrogens (tertiary/aromatic N) is 2. The molecule has 2 saturated heterocycles. The SMILES string of the molecule is COc1cccc(C2C3=CCC4C(=O)N(C(C)(C)C)C(=O)C4C3CC3(Cl)C(=O)N(CBr)C(=O)C23Cl)c1O. The number of fused-ring (bicyclic) bond motifs is 4. The van der Waals surface area contributed by atoms with Crippen LogP contribution < -0.4 is 4.74 Å². The second kappa shape index (κ2) is 8.45. The first kappa shape index (κ1) is 26.5. The lowest BCUT2D eigenvalue weighted by Crippen LogP contribution is -2.60. The highest BCUT2D eigenvalue weighted by molar-refractivity contribution is 9.09. The number of para-hydroxylation sites is 1. The van der Waals surface area contributed by atoms with E-state index in [0.29, 0.717) is 5.57 Å². The van der Waals surface area contributed by atoms with Gasteiger partial charge >= 0.3 is 0 Å². The standard InChI is InChI=1S/C26H27BrCl2N2O6/c1-24(2,3)31-20(33)13-9-8-12-15(17(13)21(31)34)10-25(28)22(35)30(11-27)23(36)26(25,29)18(12)14-6-5-7-16(37-4)19(14)32/h5-8,13,15,17-18,32H,9-11H2,1-4H3. The number of amides is 4. The fraction of sp³-hybridized carbons (Fsp3) is 0.538. The number of phenols is 1. The Bertz CT molecular complexity index is 1280. The first-order valence-corrected chi connectivity index (χ1v) is 13.9. The van der Waals surface area contributed by atoms with Crippen molar-refractivity contribution in [2.45, 2.75) is 54.8 Å². The molecule has 11 heteroatoms. The summed E-state index contributed by atoms with van der Waals surface area (Å²) in [5.41, 5.74) is 0.0300. The molecule has 2 aliphatic heterocycles. The number of allylic oxidation sites excluding steroid dienone is 2. The van der Waals surface area contributed by atoms with Crippen molar-refractivity contribution in [1.82, 2.24) is 9.80 Å². The van der Waals surface area contributed by atoms with Crippen LogP contribution >= 0.6 is 39.1 Å². The van der Waals surface area contributed by atoms with E-state index >= 15 is 0 Å². The third-order valence-corrected chi connectivity index (χ3v) is 10.2. The second-order valence-electron chi connectivity index (χ2n) is 11.1. The molecule has 6 unspecified atom stereocenters. The molecule has 0 aromatic heterocycles. The monoisotopic (exact) mass is 612 g/mol. The summed E-state index contributed by atoms with van der Waals surface area (Å²) in [6.45, 7) is 5.39.